The molecule has 0 unspecified atom stereocenters. The number of H-pyrrole nitrogens is 1. The predicted molar refractivity (Wildman–Crippen MR) is 74.2 cm³/mol. The quantitative estimate of drug-likeness (QED) is 0.871. The zero-order valence-electron chi connectivity index (χ0n) is 11.8. The summed E-state index contributed by atoms with van der Waals surface area (Å²) < 4.78 is 39.1. The molecule has 2 amide bonds. The van der Waals surface area contributed by atoms with E-state index < -0.39 is 36.4 Å². The number of rotatable bonds is 2. The summed E-state index contributed by atoms with van der Waals surface area (Å²) in [6.07, 6.45) is -1.70. The van der Waals surface area contributed by atoms with Crippen molar-refractivity contribution in [3.63, 3.8) is 0 Å². The van der Waals surface area contributed by atoms with Gasteiger partial charge in [0.15, 0.2) is 0 Å². The van der Waals surface area contributed by atoms with Crippen molar-refractivity contribution in [1.82, 2.24) is 14.9 Å². The summed E-state index contributed by atoms with van der Waals surface area (Å²) in [4.78, 5) is 31.7. The van der Waals surface area contributed by atoms with Crippen molar-refractivity contribution in [1.29, 1.82) is 0 Å². The SMILES string of the molecule is NC(=O)[C@@H]1CN(C(=O)c2c[nH]c3cccnc23)C[C@H]1C(F)(F)F. The van der Waals surface area contributed by atoms with Crippen LogP contribution in [0.3, 0.4) is 0 Å². The molecule has 0 radical (unpaired) electrons. The first-order valence-corrected chi connectivity index (χ1v) is 6.86. The van der Waals surface area contributed by atoms with Crippen LogP contribution in [-0.4, -0.2) is 45.9 Å². The van der Waals surface area contributed by atoms with Crippen molar-refractivity contribution < 1.29 is 22.8 Å². The maximum atomic E-state index is 13.0. The second kappa shape index (κ2) is 5.25. The molecule has 1 saturated heterocycles. The van der Waals surface area contributed by atoms with Crippen LogP contribution in [0, 0.1) is 11.8 Å². The van der Waals surface area contributed by atoms with Crippen LogP contribution in [-0.2, 0) is 4.79 Å². The minimum atomic E-state index is -4.59. The second-order valence-electron chi connectivity index (χ2n) is 5.47. The molecule has 0 aliphatic carbocycles. The predicted octanol–water partition coefficient (Wildman–Crippen LogP) is 1.30. The molecule has 1 aliphatic heterocycles. The van der Waals surface area contributed by atoms with E-state index >= 15 is 0 Å². The van der Waals surface area contributed by atoms with E-state index in [2.05, 4.69) is 9.97 Å². The van der Waals surface area contributed by atoms with E-state index in [4.69, 9.17) is 5.73 Å². The minimum absolute atomic E-state index is 0.173. The Morgan fingerprint density at radius 3 is 2.70 bits per heavy atom. The zero-order valence-corrected chi connectivity index (χ0v) is 11.8. The Balaban J connectivity index is 1.90. The lowest BCUT2D eigenvalue weighted by atomic mass is 9.95. The topological polar surface area (TPSA) is 92.1 Å². The van der Waals surface area contributed by atoms with Gasteiger partial charge in [0.2, 0.25) is 5.91 Å². The number of amides is 2. The number of fused-ring (bicyclic) bond motifs is 1. The van der Waals surface area contributed by atoms with E-state index in [9.17, 15) is 22.8 Å². The van der Waals surface area contributed by atoms with Gasteiger partial charge in [0.25, 0.3) is 5.91 Å². The number of nitrogens with two attached hydrogens (primary N) is 1. The van der Waals surface area contributed by atoms with Gasteiger partial charge < -0.3 is 15.6 Å². The molecule has 1 fully saturated rings. The number of pyridine rings is 1. The average molecular weight is 326 g/mol. The number of aromatic nitrogens is 2. The van der Waals surface area contributed by atoms with Crippen molar-refractivity contribution >= 4 is 22.8 Å². The molecule has 0 bridgehead atoms. The van der Waals surface area contributed by atoms with Crippen molar-refractivity contribution in [2.45, 2.75) is 6.18 Å². The minimum Gasteiger partial charge on any atom is -0.369 e. The Morgan fingerprint density at radius 2 is 2.09 bits per heavy atom. The maximum Gasteiger partial charge on any atom is 0.394 e. The van der Waals surface area contributed by atoms with Crippen LogP contribution < -0.4 is 5.73 Å². The number of aromatic amines is 1. The van der Waals surface area contributed by atoms with Crippen LogP contribution in [0.4, 0.5) is 13.2 Å². The van der Waals surface area contributed by atoms with Crippen LogP contribution in [0.15, 0.2) is 24.5 Å². The van der Waals surface area contributed by atoms with Gasteiger partial charge in [0, 0.05) is 25.5 Å². The third kappa shape index (κ3) is 2.62. The van der Waals surface area contributed by atoms with Crippen LogP contribution in [0.5, 0.6) is 0 Å². The van der Waals surface area contributed by atoms with Crippen molar-refractivity contribution in [3.05, 3.63) is 30.1 Å². The molecule has 23 heavy (non-hydrogen) atoms. The van der Waals surface area contributed by atoms with Crippen LogP contribution in [0.2, 0.25) is 0 Å². The number of halogens is 3. The number of hydrogen-bond donors (Lipinski definition) is 2. The number of nitrogens with one attached hydrogen (secondary N) is 1. The van der Waals surface area contributed by atoms with Gasteiger partial charge in [-0.2, -0.15) is 13.2 Å². The lowest BCUT2D eigenvalue weighted by Gasteiger charge is -2.18. The molecule has 1 aliphatic rings. The Bertz CT molecular complexity index is 771. The summed E-state index contributed by atoms with van der Waals surface area (Å²) in [5, 5.41) is 0. The highest BCUT2D eigenvalue weighted by molar-refractivity contribution is 6.05. The summed E-state index contributed by atoms with van der Waals surface area (Å²) in [5.41, 5.74) is 6.22. The molecule has 3 heterocycles. The molecule has 9 heteroatoms. The molecular weight excluding hydrogens is 313 g/mol. The average Bonchev–Trinajstić information content (AvgIpc) is 3.10. The van der Waals surface area contributed by atoms with Gasteiger partial charge in [-0.3, -0.25) is 14.6 Å². The summed E-state index contributed by atoms with van der Waals surface area (Å²) in [6.45, 7) is -0.937. The van der Waals surface area contributed by atoms with Crippen LogP contribution in [0.25, 0.3) is 11.0 Å². The Labute approximate surface area is 128 Å². The highest BCUT2D eigenvalue weighted by Gasteiger charge is 2.53. The van der Waals surface area contributed by atoms with Gasteiger partial charge in [-0.25, -0.2) is 0 Å². The van der Waals surface area contributed by atoms with E-state index in [1.165, 1.54) is 12.4 Å². The molecule has 2 aromatic heterocycles. The van der Waals surface area contributed by atoms with Gasteiger partial charge in [-0.1, -0.05) is 0 Å². The Kier molecular flexibility index (Phi) is 3.50. The van der Waals surface area contributed by atoms with Gasteiger partial charge in [-0.05, 0) is 12.1 Å². The normalized spacial score (nSPS) is 21.8. The fourth-order valence-electron chi connectivity index (χ4n) is 2.88. The summed E-state index contributed by atoms with van der Waals surface area (Å²) in [6, 6.07) is 3.37. The molecule has 3 N–H and O–H groups in total. The first-order valence-electron chi connectivity index (χ1n) is 6.86. The lowest BCUT2D eigenvalue weighted by Crippen LogP contribution is -2.37. The summed E-state index contributed by atoms with van der Waals surface area (Å²) >= 11 is 0. The second-order valence-corrected chi connectivity index (χ2v) is 5.47. The summed E-state index contributed by atoms with van der Waals surface area (Å²) in [7, 11) is 0. The van der Waals surface area contributed by atoms with E-state index in [1.54, 1.807) is 12.1 Å². The first kappa shape index (κ1) is 15.3. The molecular formula is C14H13F3N4O2. The van der Waals surface area contributed by atoms with Crippen molar-refractivity contribution in [2.24, 2.45) is 17.6 Å². The van der Waals surface area contributed by atoms with Crippen LogP contribution >= 0.6 is 0 Å². The highest BCUT2D eigenvalue weighted by Crippen LogP contribution is 2.38. The summed E-state index contributed by atoms with van der Waals surface area (Å²) in [5.74, 6) is -5.04. The number of carbonyl (C=O) groups is 2. The number of primary amides is 1. The molecule has 0 saturated carbocycles. The zero-order chi connectivity index (χ0) is 16.8. The molecule has 6 nitrogen and oxygen atoms in total. The number of likely N-dealkylation sites (tertiary alicyclic amines) is 1. The fourth-order valence-corrected chi connectivity index (χ4v) is 2.88. The van der Waals surface area contributed by atoms with E-state index in [1.807, 2.05) is 0 Å². The largest absolute Gasteiger partial charge is 0.394 e. The number of alkyl halides is 3. The van der Waals surface area contributed by atoms with E-state index in [0.29, 0.717) is 11.0 Å². The Hall–Kier alpha value is -2.58. The number of nitrogens with zero attached hydrogens (tertiary/aromatic N) is 2. The smallest absolute Gasteiger partial charge is 0.369 e. The van der Waals surface area contributed by atoms with Crippen LogP contribution in [0.1, 0.15) is 10.4 Å². The standard InChI is InChI=1S/C14H13F3N4O2/c15-14(16,17)9-6-21(5-8(9)12(18)22)13(23)7-4-20-10-2-1-3-19-11(7)10/h1-4,8-9,20H,5-6H2,(H2,18,22)/t8-,9-/m1/s1. The van der Waals surface area contributed by atoms with E-state index in [-0.39, 0.29) is 12.1 Å². The van der Waals surface area contributed by atoms with E-state index in [0.717, 1.165) is 4.90 Å². The number of carbonyl (C=O) groups excluding carboxylic acids is 2. The fraction of sp³-hybridized carbons (Fsp3) is 0.357. The molecule has 122 valence electrons. The van der Waals surface area contributed by atoms with Gasteiger partial charge >= 0.3 is 6.18 Å². The lowest BCUT2D eigenvalue weighted by molar-refractivity contribution is -0.182. The first-order chi connectivity index (χ1) is 10.8. The monoisotopic (exact) mass is 326 g/mol. The number of hydrogen-bond acceptors (Lipinski definition) is 3. The van der Waals surface area contributed by atoms with Crippen molar-refractivity contribution in [2.75, 3.05) is 13.1 Å². The molecule has 0 spiro atoms. The van der Waals surface area contributed by atoms with Gasteiger partial charge in [-0.15, -0.1) is 0 Å². The Morgan fingerprint density at radius 1 is 1.35 bits per heavy atom. The molecule has 0 aromatic carbocycles. The third-order valence-corrected chi connectivity index (χ3v) is 4.06. The van der Waals surface area contributed by atoms with Gasteiger partial charge in [0.05, 0.1) is 22.9 Å². The molecule has 2 atom stereocenters. The van der Waals surface area contributed by atoms with Gasteiger partial charge in [0.1, 0.15) is 5.52 Å². The maximum absolute atomic E-state index is 13.0. The molecule has 3 rings (SSSR count). The van der Waals surface area contributed by atoms with Crippen molar-refractivity contribution in [3.8, 4) is 0 Å². The highest BCUT2D eigenvalue weighted by atomic mass is 19.4. The molecule has 2 aromatic rings. The third-order valence-electron chi connectivity index (χ3n) is 4.06.